The summed E-state index contributed by atoms with van der Waals surface area (Å²) in [4.78, 5) is 14.2. The summed E-state index contributed by atoms with van der Waals surface area (Å²) in [5.74, 6) is 0.312. The predicted molar refractivity (Wildman–Crippen MR) is 160 cm³/mol. The normalized spacial score (nSPS) is 15.3. The van der Waals surface area contributed by atoms with Gasteiger partial charge in [0.1, 0.15) is 0 Å². The minimum Gasteiger partial charge on any atom is -0.376 e. The molecule has 0 unspecified atom stereocenters. The van der Waals surface area contributed by atoms with Crippen LogP contribution in [0.1, 0.15) is 60.9 Å². The van der Waals surface area contributed by atoms with E-state index in [4.69, 9.17) is 9.29 Å². The maximum absolute atomic E-state index is 13.2. The predicted octanol–water partition coefficient (Wildman–Crippen LogP) is 8.09. The maximum atomic E-state index is 13.2. The van der Waals surface area contributed by atoms with E-state index in [-0.39, 0.29) is 35.0 Å². The number of likely N-dealkylation sites (tertiary alicyclic amines) is 1. The van der Waals surface area contributed by atoms with Crippen LogP contribution in [0.5, 0.6) is 0 Å². The molecule has 252 valence electrons. The number of alkyl halides is 6. The van der Waals surface area contributed by atoms with E-state index in [0.29, 0.717) is 44.5 Å². The van der Waals surface area contributed by atoms with E-state index >= 15 is 0 Å². The molecule has 1 aliphatic heterocycles. The zero-order chi connectivity index (χ0) is 34.3. The van der Waals surface area contributed by atoms with E-state index in [1.165, 1.54) is 12.1 Å². The third-order valence-corrected chi connectivity index (χ3v) is 8.52. The van der Waals surface area contributed by atoms with Crippen molar-refractivity contribution in [3.05, 3.63) is 101 Å². The highest BCUT2D eigenvalue weighted by Gasteiger charge is 2.39. The monoisotopic (exact) mass is 673 g/mol. The lowest BCUT2D eigenvalue weighted by Gasteiger charge is -2.42. The number of carbonyl (C=O) groups is 1. The Balaban J connectivity index is 0.000000441. The Morgan fingerprint density at radius 3 is 1.87 bits per heavy atom. The molecule has 0 atom stereocenters. The summed E-state index contributed by atoms with van der Waals surface area (Å²) in [5.41, 5.74) is -1.49. The fourth-order valence-electron chi connectivity index (χ4n) is 5.15. The lowest BCUT2D eigenvalue weighted by Crippen LogP contribution is -2.47. The van der Waals surface area contributed by atoms with Crippen LogP contribution in [-0.2, 0) is 44.0 Å². The van der Waals surface area contributed by atoms with Crippen molar-refractivity contribution in [2.24, 2.45) is 5.92 Å². The van der Waals surface area contributed by atoms with Crippen molar-refractivity contribution < 1.29 is 48.8 Å². The van der Waals surface area contributed by atoms with Crippen LogP contribution in [0.25, 0.3) is 0 Å². The summed E-state index contributed by atoms with van der Waals surface area (Å²) in [6.45, 7) is 6.52. The summed E-state index contributed by atoms with van der Waals surface area (Å²) >= 11 is 0. The first-order chi connectivity index (χ1) is 21.3. The standard InChI is InChI=1S/C26H29F6NO2.C7H8O3S/c1-18(2)12-23(34)33-10-8-24(9-11-33,20-6-4-3-5-7-20)17-35-16-19-13-21(25(27,28)29)15-22(14-19)26(30,31)32;1-6-2-4-7(5-3-6)11(8,9)10/h3-7,13-15,18H,8-12,16-17H2,1-2H3;2-5H,1H3,(H,8,9,10). The zero-order valence-electron chi connectivity index (χ0n) is 25.7. The summed E-state index contributed by atoms with van der Waals surface area (Å²) in [5, 5.41) is 0. The molecule has 13 heteroatoms. The molecule has 0 bridgehead atoms. The van der Waals surface area contributed by atoms with Gasteiger partial charge in [-0.15, -0.1) is 0 Å². The largest absolute Gasteiger partial charge is 0.416 e. The first-order valence-electron chi connectivity index (χ1n) is 14.5. The molecule has 0 aromatic heterocycles. The highest BCUT2D eigenvalue weighted by atomic mass is 32.2. The van der Waals surface area contributed by atoms with Crippen molar-refractivity contribution in [3.63, 3.8) is 0 Å². The van der Waals surface area contributed by atoms with Crippen LogP contribution in [-0.4, -0.2) is 43.5 Å². The number of aryl methyl sites for hydroxylation is 1. The summed E-state index contributed by atoms with van der Waals surface area (Å²) in [6, 6.07) is 16.9. The van der Waals surface area contributed by atoms with Gasteiger partial charge in [0.2, 0.25) is 5.91 Å². The minimum atomic E-state index is -4.91. The van der Waals surface area contributed by atoms with E-state index in [1.54, 1.807) is 12.1 Å². The van der Waals surface area contributed by atoms with Gasteiger partial charge in [-0.1, -0.05) is 61.9 Å². The van der Waals surface area contributed by atoms with Gasteiger partial charge < -0.3 is 9.64 Å². The quantitative estimate of drug-likeness (QED) is 0.193. The highest BCUT2D eigenvalue weighted by Crippen LogP contribution is 2.38. The molecule has 1 saturated heterocycles. The number of halogens is 6. The van der Waals surface area contributed by atoms with E-state index < -0.39 is 45.6 Å². The number of carbonyl (C=O) groups excluding carboxylic acids is 1. The lowest BCUT2D eigenvalue weighted by molar-refractivity contribution is -0.143. The van der Waals surface area contributed by atoms with Crippen molar-refractivity contribution in [1.29, 1.82) is 0 Å². The van der Waals surface area contributed by atoms with Gasteiger partial charge >= 0.3 is 12.4 Å². The van der Waals surface area contributed by atoms with E-state index in [0.717, 1.165) is 11.1 Å². The van der Waals surface area contributed by atoms with Crippen molar-refractivity contribution in [3.8, 4) is 0 Å². The van der Waals surface area contributed by atoms with Gasteiger partial charge in [0, 0.05) is 24.9 Å². The molecule has 0 aliphatic carbocycles. The van der Waals surface area contributed by atoms with Gasteiger partial charge in [-0.2, -0.15) is 34.8 Å². The van der Waals surface area contributed by atoms with E-state index in [1.807, 2.05) is 56.0 Å². The Morgan fingerprint density at radius 1 is 0.891 bits per heavy atom. The molecule has 1 fully saturated rings. The summed E-state index contributed by atoms with van der Waals surface area (Å²) < 4.78 is 114. The molecule has 1 aliphatic rings. The van der Waals surface area contributed by atoms with Gasteiger partial charge in [0.05, 0.1) is 29.2 Å². The number of benzene rings is 3. The zero-order valence-corrected chi connectivity index (χ0v) is 26.5. The van der Waals surface area contributed by atoms with Crippen LogP contribution in [0, 0.1) is 12.8 Å². The van der Waals surface area contributed by atoms with Crippen LogP contribution in [0.2, 0.25) is 0 Å². The molecule has 3 aromatic rings. The number of nitrogens with zero attached hydrogens (tertiary/aromatic N) is 1. The molecule has 0 saturated carbocycles. The van der Waals surface area contributed by atoms with Crippen molar-refractivity contribution in [2.75, 3.05) is 19.7 Å². The Hall–Kier alpha value is -3.42. The number of rotatable bonds is 8. The number of hydrogen-bond donors (Lipinski definition) is 1. The first kappa shape index (κ1) is 37.0. The lowest BCUT2D eigenvalue weighted by atomic mass is 9.73. The molecule has 46 heavy (non-hydrogen) atoms. The van der Waals surface area contributed by atoms with Crippen molar-refractivity contribution in [2.45, 2.75) is 69.3 Å². The van der Waals surface area contributed by atoms with Gasteiger partial charge in [-0.25, -0.2) is 0 Å². The second-order valence-electron chi connectivity index (χ2n) is 11.8. The Labute approximate surface area is 265 Å². The second-order valence-corrected chi connectivity index (χ2v) is 13.2. The topological polar surface area (TPSA) is 83.9 Å². The Kier molecular flexibility index (Phi) is 12.1. The fourth-order valence-corrected chi connectivity index (χ4v) is 5.63. The van der Waals surface area contributed by atoms with Gasteiger partial charge in [0.15, 0.2) is 0 Å². The molecule has 1 amide bonds. The molecule has 1 N–H and O–H groups in total. The molecule has 0 spiro atoms. The molecule has 0 radical (unpaired) electrons. The van der Waals surface area contributed by atoms with E-state index in [9.17, 15) is 39.6 Å². The SMILES string of the molecule is CC(C)CC(=O)N1CCC(COCc2cc(C(F)(F)F)cc(C(F)(F)F)c2)(c2ccccc2)CC1.Cc1ccc(S(=O)(=O)O)cc1. The average Bonchev–Trinajstić information content (AvgIpc) is 2.96. The molecule has 6 nitrogen and oxygen atoms in total. The van der Waals surface area contributed by atoms with Crippen LogP contribution >= 0.6 is 0 Å². The van der Waals surface area contributed by atoms with Crippen LogP contribution < -0.4 is 0 Å². The average molecular weight is 674 g/mol. The third-order valence-electron chi connectivity index (χ3n) is 7.66. The maximum Gasteiger partial charge on any atom is 0.416 e. The number of hydrogen-bond acceptors (Lipinski definition) is 4. The van der Waals surface area contributed by atoms with Gasteiger partial charge in [0.25, 0.3) is 10.1 Å². The highest BCUT2D eigenvalue weighted by molar-refractivity contribution is 7.85. The van der Waals surface area contributed by atoms with Crippen LogP contribution in [0.4, 0.5) is 26.3 Å². The fraction of sp³-hybridized carbons (Fsp3) is 0.424. The third kappa shape index (κ3) is 10.6. The number of piperidine rings is 1. The Morgan fingerprint density at radius 2 is 1.41 bits per heavy atom. The number of amides is 1. The summed E-state index contributed by atoms with van der Waals surface area (Å²) in [6.07, 6.45) is -8.20. The minimum absolute atomic E-state index is 0.0666. The second kappa shape index (κ2) is 15.0. The molecular weight excluding hydrogens is 636 g/mol. The molecule has 4 rings (SSSR count). The smallest absolute Gasteiger partial charge is 0.376 e. The Bertz CT molecular complexity index is 1520. The van der Waals surface area contributed by atoms with Crippen LogP contribution in [0.3, 0.4) is 0 Å². The van der Waals surface area contributed by atoms with E-state index in [2.05, 4.69) is 0 Å². The van der Waals surface area contributed by atoms with Crippen molar-refractivity contribution >= 4 is 16.0 Å². The molecular formula is C33H37F6NO5S. The first-order valence-corrected chi connectivity index (χ1v) is 16.0. The van der Waals surface area contributed by atoms with Gasteiger partial charge in [-0.05, 0) is 67.1 Å². The van der Waals surface area contributed by atoms with Gasteiger partial charge in [-0.3, -0.25) is 9.35 Å². The van der Waals surface area contributed by atoms with Crippen LogP contribution in [0.15, 0.2) is 77.7 Å². The molecule has 3 aromatic carbocycles. The summed E-state index contributed by atoms with van der Waals surface area (Å²) in [7, 11) is -4.02. The number of ether oxygens (including phenoxy) is 1. The van der Waals surface area contributed by atoms with Crippen molar-refractivity contribution in [1.82, 2.24) is 4.90 Å². The molecule has 1 heterocycles.